The normalized spacial score (nSPS) is 12.8. The fourth-order valence-corrected chi connectivity index (χ4v) is 3.27. The van der Waals surface area contributed by atoms with Gasteiger partial charge in [0.1, 0.15) is 6.61 Å². The van der Waals surface area contributed by atoms with E-state index in [1.54, 1.807) is 18.2 Å². The molecule has 0 atom stereocenters. The first kappa shape index (κ1) is 16.6. The Morgan fingerprint density at radius 2 is 1.92 bits per heavy atom. The molecule has 2 amide bonds. The van der Waals surface area contributed by atoms with E-state index in [4.69, 9.17) is 4.74 Å². The van der Waals surface area contributed by atoms with E-state index in [9.17, 15) is 14.4 Å². The number of hydrogen-bond donors (Lipinski definition) is 1. The van der Waals surface area contributed by atoms with Gasteiger partial charge in [0.15, 0.2) is 0 Å². The summed E-state index contributed by atoms with van der Waals surface area (Å²) in [6, 6.07) is 10.8. The summed E-state index contributed by atoms with van der Waals surface area (Å²) in [6.07, 6.45) is -0.0483. The molecular formula is C18H14INO4. The van der Waals surface area contributed by atoms with Gasteiger partial charge in [0, 0.05) is 3.57 Å². The molecule has 0 saturated carbocycles. The van der Waals surface area contributed by atoms with Crippen LogP contribution in [0.15, 0.2) is 36.4 Å². The van der Waals surface area contributed by atoms with E-state index in [-0.39, 0.29) is 18.6 Å². The summed E-state index contributed by atoms with van der Waals surface area (Å²) in [7, 11) is 0. The minimum absolute atomic E-state index is 0.0483. The number of hydrogen-bond acceptors (Lipinski definition) is 4. The molecule has 1 N–H and O–H groups in total. The number of imide groups is 1. The molecule has 6 heteroatoms. The molecule has 5 nitrogen and oxygen atoms in total. The highest BCUT2D eigenvalue weighted by molar-refractivity contribution is 14.1. The maximum absolute atomic E-state index is 12.1. The standard InChI is InChI=1S/C18H14INO4/c1-10-7-13(19)6-5-12(10)9-24-15(21)8-11-3-2-4-14-16(11)18(23)20-17(14)22/h2-7H,8-9H2,1H3,(H,20,22,23). The molecule has 0 unspecified atom stereocenters. The number of fused-ring (bicyclic) bond motifs is 1. The van der Waals surface area contributed by atoms with Gasteiger partial charge in [0.2, 0.25) is 0 Å². The third-order valence-corrected chi connectivity index (χ3v) is 4.55. The highest BCUT2D eigenvalue weighted by Gasteiger charge is 2.29. The zero-order valence-electron chi connectivity index (χ0n) is 12.9. The lowest BCUT2D eigenvalue weighted by atomic mass is 10.0. The zero-order chi connectivity index (χ0) is 17.3. The third-order valence-electron chi connectivity index (χ3n) is 3.88. The number of amides is 2. The van der Waals surface area contributed by atoms with Crippen LogP contribution < -0.4 is 5.32 Å². The maximum atomic E-state index is 12.1. The molecular weight excluding hydrogens is 421 g/mol. The second-order valence-electron chi connectivity index (χ2n) is 5.53. The highest BCUT2D eigenvalue weighted by Crippen LogP contribution is 2.21. The Kier molecular flexibility index (Phi) is 4.66. The lowest BCUT2D eigenvalue weighted by Crippen LogP contribution is -2.20. The second kappa shape index (κ2) is 6.72. The van der Waals surface area contributed by atoms with Gasteiger partial charge in [-0.05, 0) is 64.4 Å². The predicted octanol–water partition coefficient (Wildman–Crippen LogP) is 2.77. The Labute approximate surface area is 152 Å². The molecule has 24 heavy (non-hydrogen) atoms. The Morgan fingerprint density at radius 1 is 1.12 bits per heavy atom. The number of esters is 1. The number of ether oxygens (including phenoxy) is 1. The van der Waals surface area contributed by atoms with Crippen molar-refractivity contribution >= 4 is 40.4 Å². The van der Waals surface area contributed by atoms with E-state index < -0.39 is 17.8 Å². The van der Waals surface area contributed by atoms with E-state index in [0.29, 0.717) is 11.1 Å². The van der Waals surface area contributed by atoms with Crippen molar-refractivity contribution in [2.45, 2.75) is 20.0 Å². The van der Waals surface area contributed by atoms with E-state index in [0.717, 1.165) is 14.7 Å². The van der Waals surface area contributed by atoms with Crippen LogP contribution >= 0.6 is 22.6 Å². The molecule has 0 bridgehead atoms. The molecule has 0 spiro atoms. The van der Waals surface area contributed by atoms with Crippen molar-refractivity contribution in [3.05, 3.63) is 67.8 Å². The van der Waals surface area contributed by atoms with Gasteiger partial charge in [0.25, 0.3) is 11.8 Å². The Hall–Kier alpha value is -2.22. The molecule has 122 valence electrons. The van der Waals surface area contributed by atoms with E-state index in [1.165, 1.54) is 0 Å². The molecule has 0 aromatic heterocycles. The maximum Gasteiger partial charge on any atom is 0.310 e. The number of carbonyl (C=O) groups excluding carboxylic acids is 3. The van der Waals surface area contributed by atoms with Crippen LogP contribution in [0, 0.1) is 10.5 Å². The quantitative estimate of drug-likeness (QED) is 0.456. The molecule has 0 radical (unpaired) electrons. The van der Waals surface area contributed by atoms with E-state index >= 15 is 0 Å². The first-order valence-electron chi connectivity index (χ1n) is 7.34. The second-order valence-corrected chi connectivity index (χ2v) is 6.78. The van der Waals surface area contributed by atoms with Gasteiger partial charge in [0.05, 0.1) is 17.5 Å². The molecule has 0 saturated heterocycles. The minimum atomic E-state index is -0.466. The Bertz CT molecular complexity index is 860. The largest absolute Gasteiger partial charge is 0.461 e. The Balaban J connectivity index is 1.70. The highest BCUT2D eigenvalue weighted by atomic mass is 127. The fourth-order valence-electron chi connectivity index (χ4n) is 2.62. The van der Waals surface area contributed by atoms with Gasteiger partial charge in [-0.2, -0.15) is 0 Å². The van der Waals surface area contributed by atoms with Gasteiger partial charge in [-0.1, -0.05) is 18.2 Å². The van der Waals surface area contributed by atoms with Crippen molar-refractivity contribution in [1.29, 1.82) is 0 Å². The lowest BCUT2D eigenvalue weighted by molar-refractivity contribution is -0.144. The van der Waals surface area contributed by atoms with Crippen molar-refractivity contribution in [3.63, 3.8) is 0 Å². The van der Waals surface area contributed by atoms with Gasteiger partial charge >= 0.3 is 5.97 Å². The average Bonchev–Trinajstić information content (AvgIpc) is 2.82. The number of carbonyl (C=O) groups is 3. The summed E-state index contributed by atoms with van der Waals surface area (Å²) in [4.78, 5) is 35.6. The summed E-state index contributed by atoms with van der Waals surface area (Å²) in [5.41, 5.74) is 3.07. The molecule has 1 heterocycles. The number of aryl methyl sites for hydroxylation is 1. The molecule has 1 aliphatic rings. The fraction of sp³-hybridized carbons (Fsp3) is 0.167. The van der Waals surface area contributed by atoms with E-state index in [1.807, 2.05) is 25.1 Å². The van der Waals surface area contributed by atoms with Crippen LogP contribution in [-0.2, 0) is 22.6 Å². The minimum Gasteiger partial charge on any atom is -0.461 e. The van der Waals surface area contributed by atoms with Crippen LogP contribution in [0.3, 0.4) is 0 Å². The van der Waals surface area contributed by atoms with Crippen LogP contribution in [0.1, 0.15) is 37.4 Å². The first-order valence-corrected chi connectivity index (χ1v) is 8.42. The van der Waals surface area contributed by atoms with Crippen LogP contribution in [0.25, 0.3) is 0 Å². The van der Waals surface area contributed by atoms with Crippen LogP contribution in [0.2, 0.25) is 0 Å². The summed E-state index contributed by atoms with van der Waals surface area (Å²) in [5.74, 6) is -1.33. The monoisotopic (exact) mass is 435 g/mol. The lowest BCUT2D eigenvalue weighted by Gasteiger charge is -2.09. The summed E-state index contributed by atoms with van der Waals surface area (Å²) in [6.45, 7) is 2.15. The first-order chi connectivity index (χ1) is 11.5. The summed E-state index contributed by atoms with van der Waals surface area (Å²) >= 11 is 2.23. The topological polar surface area (TPSA) is 72.5 Å². The molecule has 2 aromatic carbocycles. The third kappa shape index (κ3) is 3.33. The number of rotatable bonds is 4. The van der Waals surface area contributed by atoms with Crippen LogP contribution in [-0.4, -0.2) is 17.8 Å². The molecule has 2 aromatic rings. The van der Waals surface area contributed by atoms with Crippen LogP contribution in [0.5, 0.6) is 0 Å². The molecule has 1 aliphatic heterocycles. The van der Waals surface area contributed by atoms with Gasteiger partial charge in [-0.3, -0.25) is 19.7 Å². The van der Waals surface area contributed by atoms with E-state index in [2.05, 4.69) is 27.9 Å². The van der Waals surface area contributed by atoms with Gasteiger partial charge in [-0.25, -0.2) is 0 Å². The smallest absolute Gasteiger partial charge is 0.310 e. The number of benzene rings is 2. The van der Waals surface area contributed by atoms with Crippen molar-refractivity contribution in [2.75, 3.05) is 0 Å². The number of nitrogens with one attached hydrogen (secondary N) is 1. The Morgan fingerprint density at radius 3 is 2.67 bits per heavy atom. The number of halogens is 1. The molecule has 3 rings (SSSR count). The van der Waals surface area contributed by atoms with Gasteiger partial charge < -0.3 is 4.74 Å². The van der Waals surface area contributed by atoms with Crippen molar-refractivity contribution in [1.82, 2.24) is 5.32 Å². The van der Waals surface area contributed by atoms with Crippen LogP contribution in [0.4, 0.5) is 0 Å². The van der Waals surface area contributed by atoms with Crippen molar-refractivity contribution in [3.8, 4) is 0 Å². The van der Waals surface area contributed by atoms with Gasteiger partial charge in [-0.15, -0.1) is 0 Å². The van der Waals surface area contributed by atoms with Crippen molar-refractivity contribution < 1.29 is 19.1 Å². The molecule has 0 aliphatic carbocycles. The zero-order valence-corrected chi connectivity index (χ0v) is 15.0. The average molecular weight is 435 g/mol. The van der Waals surface area contributed by atoms with Crippen molar-refractivity contribution in [2.24, 2.45) is 0 Å². The SMILES string of the molecule is Cc1cc(I)ccc1COC(=O)Cc1cccc2c1C(=O)NC2=O. The predicted molar refractivity (Wildman–Crippen MR) is 95.6 cm³/mol. The molecule has 0 fully saturated rings. The summed E-state index contributed by atoms with van der Waals surface area (Å²) in [5, 5.41) is 2.24. The summed E-state index contributed by atoms with van der Waals surface area (Å²) < 4.78 is 6.44.